The lowest BCUT2D eigenvalue weighted by Gasteiger charge is -2.00. The third kappa shape index (κ3) is 3.31. The number of thiazole rings is 1. The first kappa shape index (κ1) is 14.4. The second kappa shape index (κ2) is 5.97. The number of phenolic OH excluding ortho intramolecular Hbond substituents is 1. The van der Waals surface area contributed by atoms with Crippen molar-refractivity contribution in [2.75, 3.05) is 5.43 Å². The molecule has 104 valence electrons. The summed E-state index contributed by atoms with van der Waals surface area (Å²) in [5, 5.41) is 26.8. The van der Waals surface area contributed by atoms with Gasteiger partial charge in [0.2, 0.25) is 10.9 Å². The lowest BCUT2D eigenvalue weighted by molar-refractivity contribution is -0.386. The van der Waals surface area contributed by atoms with E-state index in [1.165, 1.54) is 29.7 Å². The Morgan fingerprint density at radius 1 is 1.60 bits per heavy atom. The van der Waals surface area contributed by atoms with E-state index in [9.17, 15) is 15.2 Å². The van der Waals surface area contributed by atoms with Crippen LogP contribution in [0.15, 0.2) is 27.1 Å². The lowest BCUT2D eigenvalue weighted by atomic mass is 10.2. The van der Waals surface area contributed by atoms with Gasteiger partial charge in [-0.1, -0.05) is 0 Å². The summed E-state index contributed by atoms with van der Waals surface area (Å²) in [5.41, 5.74) is 3.70. The highest BCUT2D eigenvalue weighted by atomic mass is 79.9. The van der Waals surface area contributed by atoms with Crippen LogP contribution >= 0.6 is 27.3 Å². The third-order valence-corrected chi connectivity index (χ3v) is 3.72. The average molecular weight is 357 g/mol. The molecule has 1 heterocycles. The summed E-state index contributed by atoms with van der Waals surface area (Å²) >= 11 is 4.46. The largest absolute Gasteiger partial charge is 0.501 e. The van der Waals surface area contributed by atoms with Crippen LogP contribution in [0.1, 0.15) is 11.3 Å². The monoisotopic (exact) mass is 356 g/mol. The van der Waals surface area contributed by atoms with E-state index in [1.807, 2.05) is 12.3 Å². The van der Waals surface area contributed by atoms with E-state index in [-0.39, 0.29) is 10.2 Å². The molecule has 0 aliphatic heterocycles. The Morgan fingerprint density at radius 2 is 2.35 bits per heavy atom. The van der Waals surface area contributed by atoms with E-state index in [2.05, 4.69) is 31.4 Å². The number of hydrogen-bond donors (Lipinski definition) is 2. The van der Waals surface area contributed by atoms with Crippen LogP contribution in [-0.4, -0.2) is 21.2 Å². The molecule has 0 bridgehead atoms. The van der Waals surface area contributed by atoms with Crippen LogP contribution in [0.3, 0.4) is 0 Å². The molecule has 0 saturated carbocycles. The van der Waals surface area contributed by atoms with Crippen LogP contribution in [-0.2, 0) is 0 Å². The molecule has 0 saturated heterocycles. The number of aryl methyl sites for hydroxylation is 1. The Morgan fingerprint density at radius 3 is 2.95 bits per heavy atom. The van der Waals surface area contributed by atoms with Crippen molar-refractivity contribution in [2.45, 2.75) is 6.92 Å². The molecule has 2 rings (SSSR count). The summed E-state index contributed by atoms with van der Waals surface area (Å²) in [6.07, 6.45) is 1.41. The molecule has 0 aliphatic rings. The number of rotatable bonds is 4. The summed E-state index contributed by atoms with van der Waals surface area (Å²) in [6.45, 7) is 1.87. The molecule has 0 radical (unpaired) electrons. The van der Waals surface area contributed by atoms with Gasteiger partial charge < -0.3 is 5.11 Å². The van der Waals surface area contributed by atoms with Gasteiger partial charge in [-0.3, -0.25) is 15.5 Å². The van der Waals surface area contributed by atoms with Crippen molar-refractivity contribution < 1.29 is 10.0 Å². The lowest BCUT2D eigenvalue weighted by Crippen LogP contribution is -1.94. The number of nitro groups is 1. The number of phenols is 1. The second-order valence-corrected chi connectivity index (χ2v) is 5.50. The predicted molar refractivity (Wildman–Crippen MR) is 80.5 cm³/mol. The maximum absolute atomic E-state index is 10.8. The molecule has 0 unspecified atom stereocenters. The SMILES string of the molecule is Cc1csc(NN=Cc2cc(Br)c(O)c([N+](=O)[O-])c2)n1. The summed E-state index contributed by atoms with van der Waals surface area (Å²) in [6, 6.07) is 2.76. The Bertz CT molecular complexity index is 686. The number of hydrazone groups is 1. The Balaban J connectivity index is 2.19. The first-order chi connectivity index (χ1) is 9.47. The molecule has 0 amide bonds. The topological polar surface area (TPSA) is 101 Å². The van der Waals surface area contributed by atoms with Gasteiger partial charge in [0.25, 0.3) is 0 Å². The number of nitro benzene ring substituents is 1. The fourth-order valence-electron chi connectivity index (χ4n) is 1.39. The van der Waals surface area contributed by atoms with Crippen molar-refractivity contribution in [2.24, 2.45) is 5.10 Å². The van der Waals surface area contributed by atoms with Gasteiger partial charge in [0.15, 0.2) is 0 Å². The van der Waals surface area contributed by atoms with Crippen molar-refractivity contribution in [3.63, 3.8) is 0 Å². The smallest absolute Gasteiger partial charge is 0.312 e. The number of nitrogens with one attached hydrogen (secondary N) is 1. The molecular formula is C11H9BrN4O3S. The summed E-state index contributed by atoms with van der Waals surface area (Å²) in [7, 11) is 0. The molecule has 20 heavy (non-hydrogen) atoms. The fourth-order valence-corrected chi connectivity index (χ4v) is 2.49. The Hall–Kier alpha value is -2.00. The van der Waals surface area contributed by atoms with Crippen molar-refractivity contribution in [1.29, 1.82) is 0 Å². The molecule has 2 N–H and O–H groups in total. The van der Waals surface area contributed by atoms with E-state index in [0.29, 0.717) is 10.7 Å². The normalized spacial score (nSPS) is 10.9. The van der Waals surface area contributed by atoms with E-state index < -0.39 is 10.7 Å². The molecule has 0 aliphatic carbocycles. The quantitative estimate of drug-likeness (QED) is 0.497. The first-order valence-corrected chi connectivity index (χ1v) is 7.02. The first-order valence-electron chi connectivity index (χ1n) is 5.35. The van der Waals surface area contributed by atoms with Crippen LogP contribution in [0.4, 0.5) is 10.8 Å². The van der Waals surface area contributed by atoms with E-state index >= 15 is 0 Å². The molecule has 9 heteroatoms. The maximum atomic E-state index is 10.8. The standard InChI is InChI=1S/C11H9BrN4O3S/c1-6-5-20-11(14-6)15-13-4-7-2-8(12)10(17)9(3-7)16(18)19/h2-5,17H,1H3,(H,14,15). The van der Waals surface area contributed by atoms with E-state index in [1.54, 1.807) is 0 Å². The Kier molecular flexibility index (Phi) is 4.30. The van der Waals surface area contributed by atoms with Gasteiger partial charge >= 0.3 is 5.69 Å². The molecular weight excluding hydrogens is 348 g/mol. The minimum Gasteiger partial charge on any atom is -0.501 e. The molecule has 2 aromatic rings. The second-order valence-electron chi connectivity index (χ2n) is 3.79. The third-order valence-electron chi connectivity index (χ3n) is 2.26. The van der Waals surface area contributed by atoms with Gasteiger partial charge in [-0.2, -0.15) is 5.10 Å². The number of halogens is 1. The number of aromatic nitrogens is 1. The van der Waals surface area contributed by atoms with Crippen molar-refractivity contribution >= 4 is 44.3 Å². The molecule has 0 atom stereocenters. The van der Waals surface area contributed by atoms with Gasteiger partial charge in [-0.05, 0) is 28.9 Å². The van der Waals surface area contributed by atoms with Crippen LogP contribution in [0, 0.1) is 17.0 Å². The van der Waals surface area contributed by atoms with Crippen LogP contribution < -0.4 is 5.43 Å². The van der Waals surface area contributed by atoms with Gasteiger partial charge in [0, 0.05) is 17.0 Å². The number of aromatic hydroxyl groups is 1. The van der Waals surface area contributed by atoms with E-state index in [0.717, 1.165) is 5.69 Å². The predicted octanol–water partition coefficient (Wildman–Crippen LogP) is 3.27. The summed E-state index contributed by atoms with van der Waals surface area (Å²) in [4.78, 5) is 14.3. The number of nitrogens with zero attached hydrogens (tertiary/aromatic N) is 3. The fraction of sp³-hybridized carbons (Fsp3) is 0.0909. The van der Waals surface area contributed by atoms with Gasteiger partial charge in [-0.25, -0.2) is 4.98 Å². The van der Waals surface area contributed by atoms with Crippen molar-refractivity contribution in [3.05, 3.63) is 43.4 Å². The van der Waals surface area contributed by atoms with Crippen LogP contribution in [0.25, 0.3) is 0 Å². The van der Waals surface area contributed by atoms with Crippen LogP contribution in [0.2, 0.25) is 0 Å². The van der Waals surface area contributed by atoms with Crippen molar-refractivity contribution in [1.82, 2.24) is 4.98 Å². The van der Waals surface area contributed by atoms with Gasteiger partial charge in [0.1, 0.15) is 0 Å². The zero-order chi connectivity index (χ0) is 14.7. The summed E-state index contributed by atoms with van der Waals surface area (Å²) < 4.78 is 0.234. The zero-order valence-corrected chi connectivity index (χ0v) is 12.6. The number of anilines is 1. The Labute approximate surface area is 126 Å². The molecule has 0 fully saturated rings. The van der Waals surface area contributed by atoms with Gasteiger partial charge in [0.05, 0.1) is 21.3 Å². The molecule has 7 nitrogen and oxygen atoms in total. The number of benzene rings is 1. The zero-order valence-electron chi connectivity index (χ0n) is 10.2. The highest BCUT2D eigenvalue weighted by molar-refractivity contribution is 9.10. The average Bonchev–Trinajstić information content (AvgIpc) is 2.79. The molecule has 1 aromatic heterocycles. The highest BCUT2D eigenvalue weighted by Crippen LogP contribution is 2.34. The molecule has 0 spiro atoms. The van der Waals surface area contributed by atoms with E-state index in [4.69, 9.17) is 0 Å². The van der Waals surface area contributed by atoms with Gasteiger partial charge in [-0.15, -0.1) is 11.3 Å². The maximum Gasteiger partial charge on any atom is 0.312 e. The number of hydrogen-bond acceptors (Lipinski definition) is 7. The molecule has 1 aromatic carbocycles. The highest BCUT2D eigenvalue weighted by Gasteiger charge is 2.17. The minimum atomic E-state index is -0.658. The van der Waals surface area contributed by atoms with Crippen molar-refractivity contribution in [3.8, 4) is 5.75 Å². The van der Waals surface area contributed by atoms with Crippen LogP contribution in [0.5, 0.6) is 5.75 Å². The minimum absolute atomic E-state index is 0.234. The summed E-state index contributed by atoms with van der Waals surface area (Å²) in [5.74, 6) is -0.407.